The predicted molar refractivity (Wildman–Crippen MR) is 85.6 cm³/mol. The molecule has 1 N–H and O–H groups in total. The van der Waals surface area contributed by atoms with Crippen molar-refractivity contribution in [3.63, 3.8) is 0 Å². The first-order valence-corrected chi connectivity index (χ1v) is 8.18. The highest BCUT2D eigenvalue weighted by molar-refractivity contribution is 7.95. The Hall–Kier alpha value is -2.33. The SMILES string of the molecule is Cc1ccc(S(=N)(=O)/C=C/c2ccc3occc3c2)cc1. The first-order valence-electron chi connectivity index (χ1n) is 6.55. The first kappa shape index (κ1) is 13.6. The van der Waals surface area contributed by atoms with Gasteiger partial charge in [-0.3, -0.25) is 0 Å². The molecule has 4 heteroatoms. The molecule has 3 rings (SSSR count). The van der Waals surface area contributed by atoms with Gasteiger partial charge in [-0.1, -0.05) is 23.8 Å². The lowest BCUT2D eigenvalue weighted by atomic mass is 10.2. The summed E-state index contributed by atoms with van der Waals surface area (Å²) in [4.78, 5) is 0.522. The maximum atomic E-state index is 12.4. The lowest BCUT2D eigenvalue weighted by Crippen LogP contribution is -1.93. The number of hydrogen-bond acceptors (Lipinski definition) is 3. The van der Waals surface area contributed by atoms with Crippen LogP contribution in [0.5, 0.6) is 0 Å². The smallest absolute Gasteiger partial charge is 0.133 e. The van der Waals surface area contributed by atoms with Gasteiger partial charge in [0.05, 0.1) is 20.9 Å². The largest absolute Gasteiger partial charge is 0.464 e. The van der Waals surface area contributed by atoms with Gasteiger partial charge in [0, 0.05) is 10.8 Å². The topological polar surface area (TPSA) is 54.1 Å². The summed E-state index contributed by atoms with van der Waals surface area (Å²) in [6, 6.07) is 14.8. The zero-order valence-corrected chi connectivity index (χ0v) is 12.4. The maximum absolute atomic E-state index is 12.4. The van der Waals surface area contributed by atoms with Crippen molar-refractivity contribution in [3.8, 4) is 0 Å². The molecule has 0 saturated heterocycles. The molecule has 1 aromatic heterocycles. The van der Waals surface area contributed by atoms with Gasteiger partial charge in [0.2, 0.25) is 0 Å². The van der Waals surface area contributed by atoms with Crippen molar-refractivity contribution in [2.75, 3.05) is 0 Å². The molecule has 1 unspecified atom stereocenters. The Morgan fingerprint density at radius 2 is 1.86 bits per heavy atom. The molecule has 2 aromatic carbocycles. The van der Waals surface area contributed by atoms with E-state index >= 15 is 0 Å². The van der Waals surface area contributed by atoms with Gasteiger partial charge in [0.25, 0.3) is 0 Å². The highest BCUT2D eigenvalue weighted by Crippen LogP contribution is 2.20. The molecule has 0 amide bonds. The van der Waals surface area contributed by atoms with Crippen molar-refractivity contribution in [2.24, 2.45) is 0 Å². The second-order valence-corrected chi connectivity index (χ2v) is 6.88. The number of rotatable bonds is 3. The van der Waals surface area contributed by atoms with Gasteiger partial charge >= 0.3 is 0 Å². The van der Waals surface area contributed by atoms with Crippen LogP contribution in [0.3, 0.4) is 0 Å². The van der Waals surface area contributed by atoms with E-state index in [9.17, 15) is 4.21 Å². The quantitative estimate of drug-likeness (QED) is 0.753. The van der Waals surface area contributed by atoms with E-state index in [1.54, 1.807) is 24.5 Å². The maximum Gasteiger partial charge on any atom is 0.133 e. The summed E-state index contributed by atoms with van der Waals surface area (Å²) in [5, 5.41) is 2.45. The molecule has 0 aliphatic rings. The Labute approximate surface area is 123 Å². The minimum absolute atomic E-state index is 0.522. The highest BCUT2D eigenvalue weighted by Gasteiger charge is 2.05. The normalized spacial score (nSPS) is 14.5. The van der Waals surface area contributed by atoms with Crippen molar-refractivity contribution in [1.82, 2.24) is 0 Å². The van der Waals surface area contributed by atoms with Crippen LogP contribution in [-0.4, -0.2) is 4.21 Å². The molecule has 0 aliphatic heterocycles. The van der Waals surface area contributed by atoms with Crippen LogP contribution in [0.25, 0.3) is 17.0 Å². The summed E-state index contributed by atoms with van der Waals surface area (Å²) in [6.45, 7) is 1.96. The Bertz CT molecular complexity index is 903. The summed E-state index contributed by atoms with van der Waals surface area (Å²) >= 11 is 0. The fraction of sp³-hybridized carbons (Fsp3) is 0.0588. The van der Waals surface area contributed by atoms with Crippen LogP contribution in [-0.2, 0) is 9.73 Å². The van der Waals surface area contributed by atoms with E-state index < -0.39 is 9.73 Å². The third-order valence-corrected chi connectivity index (χ3v) is 4.79. The number of benzene rings is 2. The second kappa shape index (κ2) is 5.22. The van der Waals surface area contributed by atoms with E-state index in [0.29, 0.717) is 4.90 Å². The van der Waals surface area contributed by atoms with Crippen LogP contribution in [0.4, 0.5) is 0 Å². The van der Waals surface area contributed by atoms with E-state index in [4.69, 9.17) is 9.20 Å². The average Bonchev–Trinajstić information content (AvgIpc) is 2.93. The summed E-state index contributed by atoms with van der Waals surface area (Å²) in [6.07, 6.45) is 3.36. The molecule has 1 heterocycles. The van der Waals surface area contributed by atoms with Crippen LogP contribution in [0, 0.1) is 11.7 Å². The lowest BCUT2D eigenvalue weighted by molar-refractivity contribution is 0.616. The molecule has 3 aromatic rings. The second-order valence-electron chi connectivity index (χ2n) is 4.93. The fourth-order valence-corrected chi connectivity index (χ4v) is 3.13. The Morgan fingerprint density at radius 1 is 1.10 bits per heavy atom. The zero-order valence-electron chi connectivity index (χ0n) is 11.6. The molecule has 0 bridgehead atoms. The average molecular weight is 297 g/mol. The van der Waals surface area contributed by atoms with Gasteiger partial charge < -0.3 is 4.42 Å². The molecule has 3 nitrogen and oxygen atoms in total. The van der Waals surface area contributed by atoms with Gasteiger partial charge in [0.15, 0.2) is 0 Å². The molecule has 0 radical (unpaired) electrons. The molecular weight excluding hydrogens is 282 g/mol. The predicted octanol–water partition coefficient (Wildman–Crippen LogP) is 4.82. The van der Waals surface area contributed by atoms with Crippen molar-refractivity contribution in [2.45, 2.75) is 11.8 Å². The third kappa shape index (κ3) is 2.90. The standard InChI is InChI=1S/C17H15NO2S/c1-13-2-5-16(6-3-13)21(18,19)11-9-14-4-7-17-15(12-14)8-10-20-17/h2-12,18H,1H3/b11-9+. The van der Waals surface area contributed by atoms with Crippen LogP contribution in [0.1, 0.15) is 11.1 Å². The van der Waals surface area contributed by atoms with Crippen molar-refractivity contribution in [3.05, 3.63) is 71.3 Å². The monoisotopic (exact) mass is 297 g/mol. The summed E-state index contributed by atoms with van der Waals surface area (Å²) in [7, 11) is -2.92. The fourth-order valence-electron chi connectivity index (χ4n) is 2.08. The molecule has 106 valence electrons. The van der Waals surface area contributed by atoms with Crippen LogP contribution in [0.2, 0.25) is 0 Å². The molecule has 21 heavy (non-hydrogen) atoms. The van der Waals surface area contributed by atoms with Crippen molar-refractivity contribution >= 4 is 26.8 Å². The zero-order chi connectivity index (χ0) is 14.9. The van der Waals surface area contributed by atoms with Crippen LogP contribution in [0.15, 0.2) is 69.5 Å². The van der Waals surface area contributed by atoms with Crippen molar-refractivity contribution in [1.29, 1.82) is 4.78 Å². The highest BCUT2D eigenvalue weighted by atomic mass is 32.2. The Balaban J connectivity index is 1.91. The summed E-state index contributed by atoms with van der Waals surface area (Å²) in [5.41, 5.74) is 2.80. The molecule has 0 aliphatic carbocycles. The van der Waals surface area contributed by atoms with E-state index in [-0.39, 0.29) is 0 Å². The Kier molecular flexibility index (Phi) is 3.39. The third-order valence-electron chi connectivity index (χ3n) is 3.30. The molecular formula is C17H15NO2S. The van der Waals surface area contributed by atoms with Crippen LogP contribution < -0.4 is 0 Å². The lowest BCUT2D eigenvalue weighted by Gasteiger charge is -2.03. The molecule has 0 saturated carbocycles. The van der Waals surface area contributed by atoms with E-state index in [0.717, 1.165) is 22.1 Å². The van der Waals surface area contributed by atoms with E-state index in [1.165, 1.54) is 5.41 Å². The van der Waals surface area contributed by atoms with Gasteiger partial charge in [-0.05, 0) is 48.9 Å². The minimum atomic E-state index is -2.92. The Morgan fingerprint density at radius 3 is 2.62 bits per heavy atom. The van der Waals surface area contributed by atoms with Crippen molar-refractivity contribution < 1.29 is 8.63 Å². The van der Waals surface area contributed by atoms with Gasteiger partial charge in [-0.15, -0.1) is 0 Å². The number of furan rings is 1. The molecule has 0 fully saturated rings. The van der Waals surface area contributed by atoms with Gasteiger partial charge in [0.1, 0.15) is 5.58 Å². The summed E-state index contributed by atoms with van der Waals surface area (Å²) < 4.78 is 25.8. The number of fused-ring (bicyclic) bond motifs is 1. The number of nitrogens with one attached hydrogen (secondary N) is 1. The van der Waals surface area contributed by atoms with Gasteiger partial charge in [-0.2, -0.15) is 0 Å². The van der Waals surface area contributed by atoms with Gasteiger partial charge in [-0.25, -0.2) is 8.99 Å². The van der Waals surface area contributed by atoms with Crippen LogP contribution >= 0.6 is 0 Å². The number of aryl methyl sites for hydroxylation is 1. The van der Waals surface area contributed by atoms with E-state index in [2.05, 4.69) is 0 Å². The molecule has 0 spiro atoms. The first-order chi connectivity index (χ1) is 10.0. The summed E-state index contributed by atoms with van der Waals surface area (Å²) in [5.74, 6) is 0. The minimum Gasteiger partial charge on any atom is -0.464 e. The number of hydrogen-bond donors (Lipinski definition) is 1. The molecule has 1 atom stereocenters. The van der Waals surface area contributed by atoms with E-state index in [1.807, 2.05) is 43.3 Å².